The van der Waals surface area contributed by atoms with E-state index in [4.69, 9.17) is 0 Å². The monoisotopic (exact) mass is 276 g/mol. The lowest BCUT2D eigenvalue weighted by atomic mass is 9.98. The van der Waals surface area contributed by atoms with Crippen LogP contribution in [0.2, 0.25) is 0 Å². The number of nitrogens with zero attached hydrogens (tertiary/aromatic N) is 4. The van der Waals surface area contributed by atoms with Gasteiger partial charge in [-0.15, -0.1) is 0 Å². The first-order valence-corrected chi connectivity index (χ1v) is 6.80. The van der Waals surface area contributed by atoms with Gasteiger partial charge in [-0.1, -0.05) is 5.92 Å². The molecule has 0 aliphatic rings. The smallest absolute Gasteiger partial charge is 0.156 e. The summed E-state index contributed by atoms with van der Waals surface area (Å²) in [5.74, 6) is 6.28. The molecule has 0 saturated heterocycles. The van der Waals surface area contributed by atoms with Crippen molar-refractivity contribution in [2.24, 2.45) is 5.41 Å². The zero-order valence-electron chi connectivity index (χ0n) is 12.3. The molecule has 3 aromatic rings. The summed E-state index contributed by atoms with van der Waals surface area (Å²) >= 11 is 0. The van der Waals surface area contributed by atoms with E-state index in [2.05, 4.69) is 47.7 Å². The quantitative estimate of drug-likeness (QED) is 0.641. The molecule has 0 fully saturated rings. The summed E-state index contributed by atoms with van der Waals surface area (Å²) in [5, 5.41) is 4.47. The van der Waals surface area contributed by atoms with Gasteiger partial charge in [0.05, 0.1) is 0 Å². The summed E-state index contributed by atoms with van der Waals surface area (Å²) in [6, 6.07) is 5.80. The van der Waals surface area contributed by atoms with Gasteiger partial charge >= 0.3 is 0 Å². The van der Waals surface area contributed by atoms with Gasteiger partial charge in [0.2, 0.25) is 0 Å². The molecule has 3 aromatic heterocycles. The van der Waals surface area contributed by atoms with Crippen molar-refractivity contribution in [3.8, 4) is 23.0 Å². The van der Waals surface area contributed by atoms with Gasteiger partial charge in [0, 0.05) is 41.8 Å². The Balaban J connectivity index is 2.01. The lowest BCUT2D eigenvalue weighted by molar-refractivity contribution is 0.571. The standard InChI is InChI=1S/C17H16N4/c1-17(2,3)7-4-15-10-16-19-11-14(12-21(16)20-15)13-5-8-18-9-6-13/h5-6,8-12H,1-3H3. The second kappa shape index (κ2) is 5.02. The Hall–Kier alpha value is -2.67. The topological polar surface area (TPSA) is 43.1 Å². The molecule has 0 unspecified atom stereocenters. The summed E-state index contributed by atoms with van der Waals surface area (Å²) in [4.78, 5) is 8.46. The van der Waals surface area contributed by atoms with Crippen LogP contribution in [0.15, 0.2) is 43.0 Å². The molecule has 0 radical (unpaired) electrons. The van der Waals surface area contributed by atoms with Crippen LogP contribution in [-0.2, 0) is 0 Å². The van der Waals surface area contributed by atoms with Crippen molar-refractivity contribution < 1.29 is 0 Å². The van der Waals surface area contributed by atoms with E-state index < -0.39 is 0 Å². The van der Waals surface area contributed by atoms with E-state index in [1.807, 2.05) is 30.6 Å². The van der Waals surface area contributed by atoms with E-state index >= 15 is 0 Å². The lowest BCUT2D eigenvalue weighted by Gasteiger charge is -2.05. The van der Waals surface area contributed by atoms with Crippen LogP contribution in [0.3, 0.4) is 0 Å². The first-order valence-electron chi connectivity index (χ1n) is 6.80. The van der Waals surface area contributed by atoms with Gasteiger partial charge in [-0.2, -0.15) is 5.10 Å². The van der Waals surface area contributed by atoms with Gasteiger partial charge in [-0.05, 0) is 44.4 Å². The first-order chi connectivity index (χ1) is 10.0. The molecule has 0 saturated carbocycles. The highest BCUT2D eigenvalue weighted by molar-refractivity contribution is 5.62. The summed E-state index contributed by atoms with van der Waals surface area (Å²) in [7, 11) is 0. The Morgan fingerprint density at radius 2 is 1.86 bits per heavy atom. The van der Waals surface area contributed by atoms with Crippen molar-refractivity contribution in [3.63, 3.8) is 0 Å². The van der Waals surface area contributed by atoms with Gasteiger partial charge < -0.3 is 0 Å². The number of aromatic nitrogens is 4. The third kappa shape index (κ3) is 3.09. The van der Waals surface area contributed by atoms with Crippen LogP contribution in [-0.4, -0.2) is 19.6 Å². The van der Waals surface area contributed by atoms with Gasteiger partial charge in [0.1, 0.15) is 5.69 Å². The maximum Gasteiger partial charge on any atom is 0.156 e. The van der Waals surface area contributed by atoms with Crippen LogP contribution in [0.5, 0.6) is 0 Å². The van der Waals surface area contributed by atoms with E-state index in [1.165, 1.54) is 0 Å². The largest absolute Gasteiger partial charge is 0.265 e. The number of hydrogen-bond acceptors (Lipinski definition) is 3. The fourth-order valence-corrected chi connectivity index (χ4v) is 1.88. The van der Waals surface area contributed by atoms with Crippen LogP contribution in [0.25, 0.3) is 16.8 Å². The highest BCUT2D eigenvalue weighted by Gasteiger charge is 2.06. The molecule has 3 rings (SSSR count). The SMILES string of the molecule is CC(C)(C)C#Cc1cc2ncc(-c3ccncc3)cn2n1. The molecule has 0 aliphatic heterocycles. The zero-order valence-corrected chi connectivity index (χ0v) is 12.3. The average molecular weight is 276 g/mol. The minimum atomic E-state index is -0.0363. The van der Waals surface area contributed by atoms with Crippen LogP contribution < -0.4 is 0 Å². The number of hydrogen-bond donors (Lipinski definition) is 0. The third-order valence-electron chi connectivity index (χ3n) is 2.89. The van der Waals surface area contributed by atoms with Crippen molar-refractivity contribution in [2.75, 3.05) is 0 Å². The van der Waals surface area contributed by atoms with E-state index in [9.17, 15) is 0 Å². The Morgan fingerprint density at radius 1 is 1.10 bits per heavy atom. The fourth-order valence-electron chi connectivity index (χ4n) is 1.88. The Kier molecular flexibility index (Phi) is 3.19. The predicted molar refractivity (Wildman–Crippen MR) is 82.6 cm³/mol. The van der Waals surface area contributed by atoms with Crippen molar-refractivity contribution in [1.29, 1.82) is 0 Å². The van der Waals surface area contributed by atoms with Gasteiger partial charge in [-0.25, -0.2) is 9.50 Å². The maximum atomic E-state index is 4.47. The Morgan fingerprint density at radius 3 is 2.57 bits per heavy atom. The summed E-state index contributed by atoms with van der Waals surface area (Å²) in [5.41, 5.74) is 3.57. The summed E-state index contributed by atoms with van der Waals surface area (Å²) in [6.45, 7) is 6.24. The highest BCUT2D eigenvalue weighted by atomic mass is 15.2. The normalized spacial score (nSPS) is 11.2. The predicted octanol–water partition coefficient (Wildman–Crippen LogP) is 3.19. The first kappa shape index (κ1) is 13.3. The molecule has 0 N–H and O–H groups in total. The molecule has 104 valence electrons. The molecule has 0 atom stereocenters. The minimum absolute atomic E-state index is 0.0363. The van der Waals surface area contributed by atoms with Gasteiger partial charge in [0.25, 0.3) is 0 Å². The number of rotatable bonds is 1. The Labute approximate surface area is 123 Å². The van der Waals surface area contributed by atoms with E-state index in [-0.39, 0.29) is 5.41 Å². The Bertz CT molecular complexity index is 830. The number of pyridine rings is 1. The molecule has 0 spiro atoms. The van der Waals surface area contributed by atoms with E-state index in [0.717, 1.165) is 22.5 Å². The van der Waals surface area contributed by atoms with Crippen LogP contribution in [0, 0.1) is 17.3 Å². The molecule has 4 nitrogen and oxygen atoms in total. The zero-order chi connectivity index (χ0) is 14.9. The van der Waals surface area contributed by atoms with Gasteiger partial charge in [0.15, 0.2) is 5.65 Å². The number of fused-ring (bicyclic) bond motifs is 1. The van der Waals surface area contributed by atoms with Crippen LogP contribution in [0.1, 0.15) is 26.5 Å². The minimum Gasteiger partial charge on any atom is -0.265 e. The summed E-state index contributed by atoms with van der Waals surface area (Å²) in [6.07, 6.45) is 7.33. The second-order valence-electron chi connectivity index (χ2n) is 5.91. The van der Waals surface area contributed by atoms with Gasteiger partial charge in [-0.3, -0.25) is 4.98 Å². The fraction of sp³-hybridized carbons (Fsp3) is 0.235. The molecule has 21 heavy (non-hydrogen) atoms. The second-order valence-corrected chi connectivity index (χ2v) is 5.91. The molecule has 4 heteroatoms. The van der Waals surface area contributed by atoms with Crippen molar-refractivity contribution in [2.45, 2.75) is 20.8 Å². The highest BCUT2D eigenvalue weighted by Crippen LogP contribution is 2.17. The van der Waals surface area contributed by atoms with E-state index in [1.54, 1.807) is 16.9 Å². The van der Waals surface area contributed by atoms with Crippen molar-refractivity contribution in [1.82, 2.24) is 19.6 Å². The molecule has 0 aliphatic carbocycles. The van der Waals surface area contributed by atoms with E-state index in [0.29, 0.717) is 0 Å². The van der Waals surface area contributed by atoms with Crippen LogP contribution >= 0.6 is 0 Å². The maximum absolute atomic E-state index is 4.47. The third-order valence-corrected chi connectivity index (χ3v) is 2.89. The summed E-state index contributed by atoms with van der Waals surface area (Å²) < 4.78 is 1.77. The van der Waals surface area contributed by atoms with Crippen LogP contribution in [0.4, 0.5) is 0 Å². The van der Waals surface area contributed by atoms with Crippen molar-refractivity contribution >= 4 is 5.65 Å². The molecule has 0 aromatic carbocycles. The molecular formula is C17H16N4. The molecule has 0 amide bonds. The lowest BCUT2D eigenvalue weighted by Crippen LogP contribution is -1.99. The molecular weight excluding hydrogens is 260 g/mol. The molecule has 3 heterocycles. The average Bonchev–Trinajstić information content (AvgIpc) is 2.87. The van der Waals surface area contributed by atoms with Crippen molar-refractivity contribution in [3.05, 3.63) is 48.7 Å². The molecule has 0 bridgehead atoms.